The highest BCUT2D eigenvalue weighted by molar-refractivity contribution is 6.13. The van der Waals surface area contributed by atoms with Crippen LogP contribution in [0.15, 0.2) is 90.6 Å². The van der Waals surface area contributed by atoms with Gasteiger partial charge in [0.05, 0.1) is 0 Å². The summed E-state index contributed by atoms with van der Waals surface area (Å²) in [5, 5.41) is 6.00. The molecule has 2 N–H and O–H groups in total. The Morgan fingerprint density at radius 1 is 0.679 bits per heavy atom. The number of hydrogen-bond acceptors (Lipinski definition) is 3. The van der Waals surface area contributed by atoms with Gasteiger partial charge in [0.1, 0.15) is 5.70 Å². The minimum Gasteiger partial charge on any atom is -0.351 e. The van der Waals surface area contributed by atoms with Crippen LogP contribution in [-0.2, 0) is 4.79 Å². The van der Waals surface area contributed by atoms with Crippen LogP contribution in [-0.4, -0.2) is 11.7 Å². The minimum atomic E-state index is -0.373. The van der Waals surface area contributed by atoms with Crippen LogP contribution >= 0.6 is 0 Å². The van der Waals surface area contributed by atoms with Gasteiger partial charge in [-0.15, -0.1) is 0 Å². The largest absolute Gasteiger partial charge is 0.351 e. The highest BCUT2D eigenvalue weighted by Crippen LogP contribution is 2.19. The van der Waals surface area contributed by atoms with Gasteiger partial charge in [-0.3, -0.25) is 9.59 Å². The second-order valence-electron chi connectivity index (χ2n) is 6.50. The number of ketones is 1. The summed E-state index contributed by atoms with van der Waals surface area (Å²) < 4.78 is 0. The van der Waals surface area contributed by atoms with Crippen molar-refractivity contribution in [2.75, 3.05) is 10.6 Å². The highest BCUT2D eigenvalue weighted by Gasteiger charge is 2.15. The second kappa shape index (κ2) is 8.82. The molecule has 0 aromatic heterocycles. The van der Waals surface area contributed by atoms with E-state index >= 15 is 0 Å². The standard InChI is InChI=1S/C24H22N2O2/c1-17-10-6-8-14-20(17)25-22(16-23(27)19-12-4-3-5-13-19)24(28)26-21-15-9-7-11-18(21)2/h3-16,25H,1-2H3,(H,26,28)/b22-16+. The molecular formula is C24H22N2O2. The van der Waals surface area contributed by atoms with Crippen molar-refractivity contribution < 1.29 is 9.59 Å². The first kappa shape index (κ1) is 19.1. The van der Waals surface area contributed by atoms with Gasteiger partial charge in [0, 0.05) is 23.0 Å². The number of amides is 1. The molecule has 4 heteroatoms. The number of anilines is 2. The Morgan fingerprint density at radius 3 is 1.75 bits per heavy atom. The van der Waals surface area contributed by atoms with Gasteiger partial charge in [-0.2, -0.15) is 0 Å². The molecule has 0 atom stereocenters. The van der Waals surface area contributed by atoms with Crippen LogP contribution in [0.3, 0.4) is 0 Å². The van der Waals surface area contributed by atoms with Crippen LogP contribution in [0.5, 0.6) is 0 Å². The molecule has 140 valence electrons. The molecule has 0 saturated carbocycles. The number of nitrogens with one attached hydrogen (secondary N) is 2. The van der Waals surface area contributed by atoms with Crippen LogP contribution in [0.4, 0.5) is 11.4 Å². The Morgan fingerprint density at radius 2 is 1.18 bits per heavy atom. The zero-order valence-electron chi connectivity index (χ0n) is 15.9. The maximum absolute atomic E-state index is 13.0. The van der Waals surface area contributed by atoms with Crippen molar-refractivity contribution in [2.45, 2.75) is 13.8 Å². The van der Waals surface area contributed by atoms with Crippen LogP contribution in [0, 0.1) is 13.8 Å². The van der Waals surface area contributed by atoms with Gasteiger partial charge >= 0.3 is 0 Å². The third-order valence-corrected chi connectivity index (χ3v) is 4.39. The van der Waals surface area contributed by atoms with Gasteiger partial charge in [-0.05, 0) is 37.1 Å². The smallest absolute Gasteiger partial charge is 0.272 e. The SMILES string of the molecule is Cc1ccccc1NC(=O)/C(=C\C(=O)c1ccccc1)Nc1ccccc1C. The number of benzene rings is 3. The zero-order chi connectivity index (χ0) is 19.9. The Balaban J connectivity index is 1.93. The molecule has 28 heavy (non-hydrogen) atoms. The van der Waals surface area contributed by atoms with E-state index in [-0.39, 0.29) is 17.4 Å². The molecule has 0 fully saturated rings. The van der Waals surface area contributed by atoms with E-state index in [9.17, 15) is 9.59 Å². The number of carbonyl (C=O) groups is 2. The first-order valence-corrected chi connectivity index (χ1v) is 9.05. The van der Waals surface area contributed by atoms with E-state index in [1.807, 2.05) is 68.4 Å². The zero-order valence-corrected chi connectivity index (χ0v) is 15.9. The highest BCUT2D eigenvalue weighted by atomic mass is 16.2. The lowest BCUT2D eigenvalue weighted by Gasteiger charge is -2.14. The van der Waals surface area contributed by atoms with E-state index in [1.165, 1.54) is 6.08 Å². The predicted octanol–water partition coefficient (Wildman–Crippen LogP) is 5.12. The quantitative estimate of drug-likeness (QED) is 0.468. The van der Waals surface area contributed by atoms with E-state index < -0.39 is 0 Å². The van der Waals surface area contributed by atoms with Gasteiger partial charge in [-0.1, -0.05) is 66.7 Å². The fourth-order valence-corrected chi connectivity index (χ4v) is 2.74. The summed E-state index contributed by atoms with van der Waals surface area (Å²) in [7, 11) is 0. The summed E-state index contributed by atoms with van der Waals surface area (Å²) in [6.45, 7) is 3.86. The number of para-hydroxylation sites is 2. The molecule has 0 aliphatic heterocycles. The van der Waals surface area contributed by atoms with E-state index in [1.54, 1.807) is 24.3 Å². The first-order valence-electron chi connectivity index (χ1n) is 9.05. The molecule has 1 amide bonds. The third kappa shape index (κ3) is 4.74. The Kier molecular flexibility index (Phi) is 6.02. The van der Waals surface area contributed by atoms with Crippen molar-refractivity contribution in [1.82, 2.24) is 0 Å². The summed E-state index contributed by atoms with van der Waals surface area (Å²) in [6.07, 6.45) is 1.34. The summed E-state index contributed by atoms with van der Waals surface area (Å²) in [4.78, 5) is 25.6. The van der Waals surface area contributed by atoms with Crippen molar-refractivity contribution in [2.24, 2.45) is 0 Å². The van der Waals surface area contributed by atoms with Crippen molar-refractivity contribution in [3.05, 3.63) is 107 Å². The normalized spacial score (nSPS) is 11.0. The van der Waals surface area contributed by atoms with Crippen LogP contribution in [0.1, 0.15) is 21.5 Å². The predicted molar refractivity (Wildman–Crippen MR) is 113 cm³/mol. The molecule has 0 heterocycles. The molecule has 4 nitrogen and oxygen atoms in total. The van der Waals surface area contributed by atoms with Crippen molar-refractivity contribution in [1.29, 1.82) is 0 Å². The number of aryl methyl sites for hydroxylation is 2. The Hall–Kier alpha value is -3.66. The molecule has 0 aliphatic carbocycles. The summed E-state index contributed by atoms with van der Waals surface area (Å²) in [5.74, 6) is -0.613. The van der Waals surface area contributed by atoms with E-state index in [4.69, 9.17) is 0 Å². The fourth-order valence-electron chi connectivity index (χ4n) is 2.74. The number of allylic oxidation sites excluding steroid dienone is 1. The Labute approximate surface area is 164 Å². The molecule has 3 aromatic carbocycles. The maximum atomic E-state index is 13.0. The summed E-state index contributed by atoms with van der Waals surface area (Å²) in [6, 6.07) is 24.0. The molecule has 0 spiro atoms. The van der Waals surface area contributed by atoms with Crippen LogP contribution < -0.4 is 10.6 Å². The molecule has 3 aromatic rings. The average Bonchev–Trinajstić information content (AvgIpc) is 2.71. The number of hydrogen-bond donors (Lipinski definition) is 2. The van der Waals surface area contributed by atoms with Crippen molar-refractivity contribution >= 4 is 23.1 Å². The molecule has 0 bridgehead atoms. The van der Waals surface area contributed by atoms with E-state index in [0.717, 1.165) is 16.8 Å². The molecular weight excluding hydrogens is 348 g/mol. The third-order valence-electron chi connectivity index (χ3n) is 4.39. The Bertz CT molecular complexity index is 1020. The molecule has 0 saturated heterocycles. The second-order valence-corrected chi connectivity index (χ2v) is 6.50. The van der Waals surface area contributed by atoms with Crippen LogP contribution in [0.2, 0.25) is 0 Å². The van der Waals surface area contributed by atoms with Crippen LogP contribution in [0.25, 0.3) is 0 Å². The lowest BCUT2D eigenvalue weighted by molar-refractivity contribution is -0.112. The van der Waals surface area contributed by atoms with Crippen molar-refractivity contribution in [3.63, 3.8) is 0 Å². The number of carbonyl (C=O) groups excluding carboxylic acids is 2. The fraction of sp³-hybridized carbons (Fsp3) is 0.0833. The molecule has 0 radical (unpaired) electrons. The minimum absolute atomic E-state index is 0.186. The van der Waals surface area contributed by atoms with Gasteiger partial charge in [0.2, 0.25) is 0 Å². The van der Waals surface area contributed by atoms with E-state index in [2.05, 4.69) is 10.6 Å². The monoisotopic (exact) mass is 370 g/mol. The van der Waals surface area contributed by atoms with Gasteiger partial charge in [-0.25, -0.2) is 0 Å². The van der Waals surface area contributed by atoms with Gasteiger partial charge in [0.15, 0.2) is 5.78 Å². The summed E-state index contributed by atoms with van der Waals surface area (Å²) in [5.41, 5.74) is 4.11. The maximum Gasteiger partial charge on any atom is 0.272 e. The number of rotatable bonds is 6. The van der Waals surface area contributed by atoms with Crippen molar-refractivity contribution in [3.8, 4) is 0 Å². The van der Waals surface area contributed by atoms with E-state index in [0.29, 0.717) is 11.3 Å². The average molecular weight is 370 g/mol. The molecule has 0 unspecified atom stereocenters. The van der Waals surface area contributed by atoms with Gasteiger partial charge < -0.3 is 10.6 Å². The molecule has 0 aliphatic rings. The van der Waals surface area contributed by atoms with Gasteiger partial charge in [0.25, 0.3) is 5.91 Å². The summed E-state index contributed by atoms with van der Waals surface area (Å²) >= 11 is 0. The first-order chi connectivity index (χ1) is 13.5. The lowest BCUT2D eigenvalue weighted by Crippen LogP contribution is -2.21. The molecule has 3 rings (SSSR count). The topological polar surface area (TPSA) is 58.2 Å². The lowest BCUT2D eigenvalue weighted by atomic mass is 10.1.